The Labute approximate surface area is 116 Å². The third-order valence-corrected chi connectivity index (χ3v) is 3.18. The lowest BCUT2D eigenvalue weighted by Crippen LogP contribution is -2.17. The summed E-state index contributed by atoms with van der Waals surface area (Å²) in [6.45, 7) is 2.97. The van der Waals surface area contributed by atoms with E-state index in [1.807, 2.05) is 6.92 Å². The van der Waals surface area contributed by atoms with E-state index in [0.717, 1.165) is 5.69 Å². The number of para-hydroxylation sites is 1. The number of nitrogens with one attached hydrogen (secondary N) is 1. The predicted molar refractivity (Wildman–Crippen MR) is 76.8 cm³/mol. The monoisotopic (exact) mass is 278 g/mol. The predicted octanol–water partition coefficient (Wildman–Crippen LogP) is 2.84. The molecular formula is C14H15ClN2O2. The van der Waals surface area contributed by atoms with Crippen LogP contribution >= 0.6 is 11.6 Å². The molecule has 0 aliphatic carbocycles. The lowest BCUT2D eigenvalue weighted by atomic mass is 10.2. The number of hydrogen-bond donors (Lipinski definition) is 2. The van der Waals surface area contributed by atoms with Crippen LogP contribution in [-0.2, 0) is 13.1 Å². The fraction of sp³-hybridized carbons (Fsp3) is 0.214. The summed E-state index contributed by atoms with van der Waals surface area (Å²) in [6.07, 6.45) is 1.75. The molecule has 19 heavy (non-hydrogen) atoms. The highest BCUT2D eigenvalue weighted by Crippen LogP contribution is 2.27. The number of rotatable bonds is 4. The van der Waals surface area contributed by atoms with E-state index < -0.39 is 0 Å². The number of benzene rings is 1. The van der Waals surface area contributed by atoms with Crippen molar-refractivity contribution >= 4 is 17.3 Å². The van der Waals surface area contributed by atoms with Crippen LogP contribution in [0.15, 0.2) is 41.3 Å². The molecule has 100 valence electrons. The Kier molecular flexibility index (Phi) is 4.12. The number of aromatic hydroxyl groups is 1. The highest BCUT2D eigenvalue weighted by molar-refractivity contribution is 6.32. The first-order chi connectivity index (χ1) is 9.11. The molecule has 0 atom stereocenters. The summed E-state index contributed by atoms with van der Waals surface area (Å²) in [5.41, 5.74) is 1.50. The van der Waals surface area contributed by atoms with E-state index in [-0.39, 0.29) is 11.3 Å². The van der Waals surface area contributed by atoms with E-state index >= 15 is 0 Å². The maximum Gasteiger partial charge on any atom is 0.250 e. The molecule has 0 spiro atoms. The van der Waals surface area contributed by atoms with Crippen LogP contribution in [0.1, 0.15) is 12.5 Å². The summed E-state index contributed by atoms with van der Waals surface area (Å²) in [5.74, 6) is 0.0838. The van der Waals surface area contributed by atoms with Crippen molar-refractivity contribution in [3.05, 3.63) is 57.5 Å². The molecule has 0 saturated carbocycles. The van der Waals surface area contributed by atoms with Crippen molar-refractivity contribution in [2.24, 2.45) is 0 Å². The molecule has 0 radical (unpaired) electrons. The molecule has 0 fully saturated rings. The summed E-state index contributed by atoms with van der Waals surface area (Å²) in [7, 11) is 0. The molecule has 1 heterocycles. The SMILES string of the molecule is CCn1cc(NCc2cccc(Cl)c2O)ccc1=O. The summed E-state index contributed by atoms with van der Waals surface area (Å²) in [4.78, 5) is 11.5. The summed E-state index contributed by atoms with van der Waals surface area (Å²) in [5, 5.41) is 13.3. The third-order valence-electron chi connectivity index (χ3n) is 2.88. The van der Waals surface area contributed by atoms with Crippen molar-refractivity contribution in [1.29, 1.82) is 0 Å². The van der Waals surface area contributed by atoms with Crippen LogP contribution in [-0.4, -0.2) is 9.67 Å². The first-order valence-electron chi connectivity index (χ1n) is 6.02. The molecule has 0 amide bonds. The zero-order chi connectivity index (χ0) is 13.8. The lowest BCUT2D eigenvalue weighted by molar-refractivity contribution is 0.469. The van der Waals surface area contributed by atoms with Crippen LogP contribution in [0.3, 0.4) is 0 Å². The quantitative estimate of drug-likeness (QED) is 0.904. The van der Waals surface area contributed by atoms with E-state index in [0.29, 0.717) is 23.7 Å². The van der Waals surface area contributed by atoms with E-state index in [1.54, 1.807) is 35.0 Å². The maximum atomic E-state index is 11.5. The Morgan fingerprint density at radius 3 is 2.84 bits per heavy atom. The number of phenols is 1. The zero-order valence-electron chi connectivity index (χ0n) is 10.6. The summed E-state index contributed by atoms with van der Waals surface area (Å²) in [6, 6.07) is 8.45. The molecule has 5 heteroatoms. The number of hydrogen-bond acceptors (Lipinski definition) is 3. The van der Waals surface area contributed by atoms with Gasteiger partial charge < -0.3 is 15.0 Å². The highest BCUT2D eigenvalue weighted by atomic mass is 35.5. The normalized spacial score (nSPS) is 10.4. The first kappa shape index (κ1) is 13.5. The Morgan fingerprint density at radius 2 is 2.11 bits per heavy atom. The molecule has 2 N–H and O–H groups in total. The van der Waals surface area contributed by atoms with Gasteiger partial charge in [-0.05, 0) is 19.1 Å². The van der Waals surface area contributed by atoms with Crippen molar-refractivity contribution in [2.75, 3.05) is 5.32 Å². The van der Waals surface area contributed by atoms with Crippen molar-refractivity contribution < 1.29 is 5.11 Å². The second-order valence-corrected chi connectivity index (χ2v) is 4.55. The molecule has 0 aliphatic heterocycles. The van der Waals surface area contributed by atoms with Gasteiger partial charge in [0.2, 0.25) is 0 Å². The minimum Gasteiger partial charge on any atom is -0.506 e. The van der Waals surface area contributed by atoms with E-state index in [9.17, 15) is 9.90 Å². The average molecular weight is 279 g/mol. The number of nitrogens with zero attached hydrogens (tertiary/aromatic N) is 1. The zero-order valence-corrected chi connectivity index (χ0v) is 11.3. The number of pyridine rings is 1. The number of phenolic OH excluding ortho intramolecular Hbond substituents is 1. The van der Waals surface area contributed by atoms with Crippen molar-refractivity contribution in [2.45, 2.75) is 20.0 Å². The molecule has 0 saturated heterocycles. The van der Waals surface area contributed by atoms with Gasteiger partial charge in [0.05, 0.1) is 10.7 Å². The van der Waals surface area contributed by atoms with Crippen LogP contribution in [0.2, 0.25) is 5.02 Å². The smallest absolute Gasteiger partial charge is 0.250 e. The average Bonchev–Trinajstić information content (AvgIpc) is 2.42. The molecule has 1 aromatic heterocycles. The largest absolute Gasteiger partial charge is 0.506 e. The van der Waals surface area contributed by atoms with Gasteiger partial charge in [0.25, 0.3) is 5.56 Å². The summed E-state index contributed by atoms with van der Waals surface area (Å²) < 4.78 is 1.61. The Hall–Kier alpha value is -1.94. The van der Waals surface area contributed by atoms with Crippen molar-refractivity contribution in [1.82, 2.24) is 4.57 Å². The van der Waals surface area contributed by atoms with E-state index in [1.165, 1.54) is 6.07 Å². The fourth-order valence-electron chi connectivity index (χ4n) is 1.78. The Bertz CT molecular complexity index is 638. The van der Waals surface area contributed by atoms with Crippen molar-refractivity contribution in [3.63, 3.8) is 0 Å². The third kappa shape index (κ3) is 3.09. The van der Waals surface area contributed by atoms with Crippen molar-refractivity contribution in [3.8, 4) is 5.75 Å². The fourth-order valence-corrected chi connectivity index (χ4v) is 1.98. The van der Waals surface area contributed by atoms with Crippen LogP contribution in [0, 0.1) is 0 Å². The number of aromatic nitrogens is 1. The van der Waals surface area contributed by atoms with E-state index in [4.69, 9.17) is 11.6 Å². The van der Waals surface area contributed by atoms with Gasteiger partial charge >= 0.3 is 0 Å². The van der Waals surface area contributed by atoms with Gasteiger partial charge in [0, 0.05) is 30.9 Å². The van der Waals surface area contributed by atoms with Crippen LogP contribution < -0.4 is 10.9 Å². The standard InChI is InChI=1S/C14H15ClN2O2/c1-2-17-9-11(6-7-13(17)18)16-8-10-4-3-5-12(15)14(10)19/h3-7,9,16,19H,2,8H2,1H3. The van der Waals surface area contributed by atoms with Gasteiger partial charge in [-0.15, -0.1) is 0 Å². The number of halogens is 1. The van der Waals surface area contributed by atoms with Gasteiger partial charge in [-0.2, -0.15) is 0 Å². The summed E-state index contributed by atoms with van der Waals surface area (Å²) >= 11 is 5.84. The molecule has 1 aromatic carbocycles. The lowest BCUT2D eigenvalue weighted by Gasteiger charge is -2.10. The van der Waals surface area contributed by atoms with Gasteiger partial charge in [0.15, 0.2) is 0 Å². The second-order valence-electron chi connectivity index (χ2n) is 4.14. The van der Waals surface area contributed by atoms with Gasteiger partial charge in [-0.1, -0.05) is 23.7 Å². The minimum atomic E-state index is -0.0290. The van der Waals surface area contributed by atoms with Crippen LogP contribution in [0.5, 0.6) is 5.75 Å². The molecule has 2 aromatic rings. The first-order valence-corrected chi connectivity index (χ1v) is 6.40. The van der Waals surface area contributed by atoms with Gasteiger partial charge in [0.1, 0.15) is 5.75 Å². The van der Waals surface area contributed by atoms with E-state index in [2.05, 4.69) is 5.32 Å². The molecular weight excluding hydrogens is 264 g/mol. The Morgan fingerprint density at radius 1 is 1.32 bits per heavy atom. The molecule has 0 bridgehead atoms. The second kappa shape index (κ2) is 5.80. The Balaban J connectivity index is 2.14. The van der Waals surface area contributed by atoms with Gasteiger partial charge in [-0.25, -0.2) is 0 Å². The van der Waals surface area contributed by atoms with Crippen LogP contribution in [0.25, 0.3) is 0 Å². The molecule has 4 nitrogen and oxygen atoms in total. The molecule has 0 unspecified atom stereocenters. The molecule has 2 rings (SSSR count). The number of anilines is 1. The topological polar surface area (TPSA) is 54.3 Å². The van der Waals surface area contributed by atoms with Crippen LogP contribution in [0.4, 0.5) is 5.69 Å². The maximum absolute atomic E-state index is 11.5. The minimum absolute atomic E-state index is 0.0290. The number of aryl methyl sites for hydroxylation is 1. The highest BCUT2D eigenvalue weighted by Gasteiger charge is 2.05. The molecule has 0 aliphatic rings. The van der Waals surface area contributed by atoms with Gasteiger partial charge in [-0.3, -0.25) is 4.79 Å².